The summed E-state index contributed by atoms with van der Waals surface area (Å²) in [7, 11) is 0. The van der Waals surface area contributed by atoms with Crippen molar-refractivity contribution in [2.24, 2.45) is 4.99 Å². The van der Waals surface area contributed by atoms with Gasteiger partial charge in [-0.1, -0.05) is 0 Å². The molecule has 0 bridgehead atoms. The Hall–Kier alpha value is -0.450. The molecule has 1 aromatic rings. The second kappa shape index (κ2) is 12.0. The molecular formula is C16H30IN5OS. The van der Waals surface area contributed by atoms with Crippen LogP contribution >= 0.6 is 35.3 Å². The monoisotopic (exact) mass is 467 g/mol. The fourth-order valence-corrected chi connectivity index (χ4v) is 3.33. The van der Waals surface area contributed by atoms with Gasteiger partial charge in [0.25, 0.3) is 0 Å². The minimum Gasteiger partial charge on any atom is -0.393 e. The number of nitrogens with one attached hydrogen (secondary N) is 2. The fraction of sp³-hybridized carbons (Fsp3) is 0.750. The number of piperidine rings is 1. The van der Waals surface area contributed by atoms with Gasteiger partial charge in [-0.3, -0.25) is 0 Å². The molecule has 1 fully saturated rings. The molecule has 0 radical (unpaired) electrons. The van der Waals surface area contributed by atoms with Crippen LogP contribution in [0.25, 0.3) is 0 Å². The van der Waals surface area contributed by atoms with Crippen LogP contribution in [0.4, 0.5) is 0 Å². The molecule has 8 heteroatoms. The number of aromatic nitrogens is 1. The maximum absolute atomic E-state index is 9.52. The average molecular weight is 467 g/mol. The predicted octanol–water partition coefficient (Wildman–Crippen LogP) is 1.97. The quantitative estimate of drug-likeness (QED) is 0.248. The highest BCUT2D eigenvalue weighted by molar-refractivity contribution is 14.0. The van der Waals surface area contributed by atoms with Crippen LogP contribution < -0.4 is 10.6 Å². The molecule has 1 aromatic heterocycles. The van der Waals surface area contributed by atoms with E-state index in [9.17, 15) is 5.11 Å². The second-order valence-corrected chi connectivity index (χ2v) is 7.23. The van der Waals surface area contributed by atoms with Crippen molar-refractivity contribution in [2.75, 3.05) is 32.7 Å². The van der Waals surface area contributed by atoms with Crippen LogP contribution in [0.1, 0.15) is 36.1 Å². The molecule has 0 aliphatic carbocycles. The minimum absolute atomic E-state index is 0. The zero-order valence-corrected chi connectivity index (χ0v) is 17.8. The standard InChI is InChI=1S/C16H29N5OS.HI/c1-3-17-16(20-12-15-19-11-13(2)23-15)18-7-4-8-21-9-5-14(22)6-10-21;/h11,14,22H,3-10,12H2,1-2H3,(H2,17,18,20);1H. The Balaban J connectivity index is 0.00000288. The van der Waals surface area contributed by atoms with Gasteiger partial charge in [0.1, 0.15) is 5.01 Å². The summed E-state index contributed by atoms with van der Waals surface area (Å²) in [5, 5.41) is 17.2. The third-order valence-corrected chi connectivity index (χ3v) is 4.78. The number of aliphatic hydroxyl groups is 1. The van der Waals surface area contributed by atoms with Crippen LogP contribution in [0.15, 0.2) is 11.2 Å². The number of rotatable bonds is 7. The van der Waals surface area contributed by atoms with E-state index < -0.39 is 0 Å². The molecule has 24 heavy (non-hydrogen) atoms. The van der Waals surface area contributed by atoms with Gasteiger partial charge < -0.3 is 20.6 Å². The average Bonchev–Trinajstić information content (AvgIpc) is 2.96. The summed E-state index contributed by atoms with van der Waals surface area (Å²) in [6, 6.07) is 0. The van der Waals surface area contributed by atoms with Crippen molar-refractivity contribution in [1.82, 2.24) is 20.5 Å². The second-order valence-electron chi connectivity index (χ2n) is 5.91. The van der Waals surface area contributed by atoms with Crippen LogP contribution in [0.5, 0.6) is 0 Å². The van der Waals surface area contributed by atoms with Gasteiger partial charge in [-0.15, -0.1) is 35.3 Å². The largest absolute Gasteiger partial charge is 0.393 e. The molecule has 1 saturated heterocycles. The Morgan fingerprint density at radius 2 is 2.17 bits per heavy atom. The highest BCUT2D eigenvalue weighted by Crippen LogP contribution is 2.12. The van der Waals surface area contributed by atoms with Crippen molar-refractivity contribution >= 4 is 41.3 Å². The van der Waals surface area contributed by atoms with Crippen molar-refractivity contribution < 1.29 is 5.11 Å². The van der Waals surface area contributed by atoms with Crippen molar-refractivity contribution in [3.05, 3.63) is 16.1 Å². The first kappa shape index (κ1) is 21.6. The lowest BCUT2D eigenvalue weighted by Gasteiger charge is -2.29. The lowest BCUT2D eigenvalue weighted by atomic mass is 10.1. The number of hydrogen-bond acceptors (Lipinski definition) is 5. The van der Waals surface area contributed by atoms with Crippen molar-refractivity contribution in [3.63, 3.8) is 0 Å². The zero-order valence-electron chi connectivity index (χ0n) is 14.6. The normalized spacial score (nSPS) is 16.7. The highest BCUT2D eigenvalue weighted by atomic mass is 127. The summed E-state index contributed by atoms with van der Waals surface area (Å²) in [6.45, 7) is 9.62. The highest BCUT2D eigenvalue weighted by Gasteiger charge is 2.15. The predicted molar refractivity (Wildman–Crippen MR) is 111 cm³/mol. The molecule has 0 unspecified atom stereocenters. The van der Waals surface area contributed by atoms with Gasteiger partial charge in [0.2, 0.25) is 0 Å². The maximum Gasteiger partial charge on any atom is 0.191 e. The molecule has 1 aliphatic rings. The van der Waals surface area contributed by atoms with E-state index in [0.29, 0.717) is 6.54 Å². The van der Waals surface area contributed by atoms with E-state index in [1.54, 1.807) is 11.3 Å². The third kappa shape index (κ3) is 8.09. The summed E-state index contributed by atoms with van der Waals surface area (Å²) in [5.74, 6) is 0.856. The number of guanidine groups is 1. The van der Waals surface area contributed by atoms with E-state index in [1.807, 2.05) is 6.20 Å². The van der Waals surface area contributed by atoms with Gasteiger partial charge in [-0.25, -0.2) is 9.98 Å². The van der Waals surface area contributed by atoms with Gasteiger partial charge in [-0.05, 0) is 39.7 Å². The van der Waals surface area contributed by atoms with Crippen molar-refractivity contribution in [3.8, 4) is 0 Å². The fourth-order valence-electron chi connectivity index (χ4n) is 2.62. The molecule has 3 N–H and O–H groups in total. The molecule has 0 saturated carbocycles. The summed E-state index contributed by atoms with van der Waals surface area (Å²) in [4.78, 5) is 12.6. The maximum atomic E-state index is 9.52. The number of aliphatic imine (C=N–C) groups is 1. The van der Waals surface area contributed by atoms with Crippen LogP contribution in [0.2, 0.25) is 0 Å². The lowest BCUT2D eigenvalue weighted by molar-refractivity contribution is 0.0823. The molecule has 6 nitrogen and oxygen atoms in total. The third-order valence-electron chi connectivity index (χ3n) is 3.89. The SMILES string of the molecule is CCNC(=NCc1ncc(C)s1)NCCCN1CCC(O)CC1.I. The Bertz CT molecular complexity index is 489. The molecular weight excluding hydrogens is 437 g/mol. The first-order valence-corrected chi connectivity index (χ1v) is 9.33. The smallest absolute Gasteiger partial charge is 0.191 e. The number of halogens is 1. The Morgan fingerprint density at radius 1 is 1.42 bits per heavy atom. The van der Waals surface area contributed by atoms with Gasteiger partial charge >= 0.3 is 0 Å². The summed E-state index contributed by atoms with van der Waals surface area (Å²) < 4.78 is 0. The van der Waals surface area contributed by atoms with Gasteiger partial charge in [-0.2, -0.15) is 0 Å². The molecule has 0 spiro atoms. The number of aliphatic hydroxyl groups excluding tert-OH is 1. The van der Waals surface area contributed by atoms with E-state index >= 15 is 0 Å². The van der Waals surface area contributed by atoms with E-state index in [1.165, 1.54) is 4.88 Å². The van der Waals surface area contributed by atoms with Crippen LogP contribution in [-0.2, 0) is 6.54 Å². The first-order valence-electron chi connectivity index (χ1n) is 8.51. The summed E-state index contributed by atoms with van der Waals surface area (Å²) >= 11 is 1.69. The Labute approximate surface area is 166 Å². The number of thiazole rings is 1. The molecule has 2 heterocycles. The Kier molecular flexibility index (Phi) is 10.8. The molecule has 0 amide bonds. The number of hydrogen-bond donors (Lipinski definition) is 3. The molecule has 0 aromatic carbocycles. The number of aryl methyl sites for hydroxylation is 1. The van der Waals surface area contributed by atoms with Gasteiger partial charge in [0, 0.05) is 37.3 Å². The van der Waals surface area contributed by atoms with Crippen LogP contribution in [0, 0.1) is 6.92 Å². The van der Waals surface area contributed by atoms with E-state index in [4.69, 9.17) is 0 Å². The molecule has 0 atom stereocenters. The Morgan fingerprint density at radius 3 is 2.79 bits per heavy atom. The summed E-state index contributed by atoms with van der Waals surface area (Å²) in [5.41, 5.74) is 0. The lowest BCUT2D eigenvalue weighted by Crippen LogP contribution is -2.40. The topological polar surface area (TPSA) is 72.8 Å². The van der Waals surface area contributed by atoms with Crippen LogP contribution in [0.3, 0.4) is 0 Å². The molecule has 2 rings (SSSR count). The number of likely N-dealkylation sites (tertiary alicyclic amines) is 1. The van der Waals surface area contributed by atoms with E-state index in [0.717, 1.165) is 63.0 Å². The van der Waals surface area contributed by atoms with E-state index in [-0.39, 0.29) is 30.1 Å². The van der Waals surface area contributed by atoms with Crippen molar-refractivity contribution in [2.45, 2.75) is 45.8 Å². The number of nitrogens with zero attached hydrogens (tertiary/aromatic N) is 3. The van der Waals surface area contributed by atoms with Gasteiger partial charge in [0.05, 0.1) is 12.6 Å². The zero-order chi connectivity index (χ0) is 16.5. The van der Waals surface area contributed by atoms with Crippen LogP contribution in [-0.4, -0.2) is 59.8 Å². The first-order chi connectivity index (χ1) is 11.2. The molecule has 138 valence electrons. The summed E-state index contributed by atoms with van der Waals surface area (Å²) in [6.07, 6.45) is 4.70. The van der Waals surface area contributed by atoms with Crippen molar-refractivity contribution in [1.29, 1.82) is 0 Å². The van der Waals surface area contributed by atoms with E-state index in [2.05, 4.69) is 39.4 Å². The van der Waals surface area contributed by atoms with Gasteiger partial charge in [0.15, 0.2) is 5.96 Å². The molecule has 1 aliphatic heterocycles. The minimum atomic E-state index is -0.0913.